The number of hydrogen-bond donors (Lipinski definition) is 0. The van der Waals surface area contributed by atoms with Crippen LogP contribution in [0.1, 0.15) is 64.5 Å². The Balaban J connectivity index is 1.59. The van der Waals surface area contributed by atoms with Gasteiger partial charge in [0.05, 0.1) is 11.1 Å². The molecule has 1 aliphatic rings. The van der Waals surface area contributed by atoms with Crippen LogP contribution in [0.5, 0.6) is 0 Å². The first-order valence-electron chi connectivity index (χ1n) is 12.2. The van der Waals surface area contributed by atoms with Crippen molar-refractivity contribution in [2.75, 3.05) is 19.7 Å². The van der Waals surface area contributed by atoms with Crippen LogP contribution in [-0.2, 0) is 16.7 Å². The Labute approximate surface area is 198 Å². The van der Waals surface area contributed by atoms with Gasteiger partial charge in [-0.05, 0) is 78.6 Å². The second-order valence-electron chi connectivity index (χ2n) is 10.5. The molecular formula is C28H38N4O. The zero-order valence-corrected chi connectivity index (χ0v) is 21.1. The van der Waals surface area contributed by atoms with Crippen molar-refractivity contribution in [2.24, 2.45) is 5.41 Å². The Morgan fingerprint density at radius 2 is 1.82 bits per heavy atom. The summed E-state index contributed by atoms with van der Waals surface area (Å²) in [4.78, 5) is 16.7. The lowest BCUT2D eigenvalue weighted by Gasteiger charge is -2.46. The van der Waals surface area contributed by atoms with E-state index in [9.17, 15) is 0 Å². The van der Waals surface area contributed by atoms with Crippen molar-refractivity contribution < 1.29 is 4.74 Å². The quantitative estimate of drug-likeness (QED) is 0.444. The maximum atomic E-state index is 6.38. The summed E-state index contributed by atoms with van der Waals surface area (Å²) in [6.07, 6.45) is 6.92. The van der Waals surface area contributed by atoms with Crippen molar-refractivity contribution in [1.82, 2.24) is 19.9 Å². The highest BCUT2D eigenvalue weighted by atomic mass is 16.5. The molecule has 5 heteroatoms. The number of nitrogens with zero attached hydrogens (tertiary/aromatic N) is 4. The summed E-state index contributed by atoms with van der Waals surface area (Å²) < 4.78 is 6.38. The van der Waals surface area contributed by atoms with E-state index in [1.807, 2.05) is 31.5 Å². The SMILES string of the molecule is CCOC(C)(C)[C@]1(CCc2ncc3ccccc3n2)CCN(C(C)(C)c2ccc(C)nc2)C1. The summed E-state index contributed by atoms with van der Waals surface area (Å²) in [5.74, 6) is 0.917. The van der Waals surface area contributed by atoms with Gasteiger partial charge in [-0.25, -0.2) is 9.97 Å². The lowest BCUT2D eigenvalue weighted by atomic mass is 9.69. The van der Waals surface area contributed by atoms with E-state index in [2.05, 4.69) is 73.8 Å². The maximum absolute atomic E-state index is 6.38. The number of fused-ring (bicyclic) bond motifs is 1. The molecule has 0 N–H and O–H groups in total. The molecule has 176 valence electrons. The lowest BCUT2D eigenvalue weighted by Crippen LogP contribution is -2.50. The Morgan fingerprint density at radius 3 is 2.55 bits per heavy atom. The van der Waals surface area contributed by atoms with E-state index in [4.69, 9.17) is 9.72 Å². The molecule has 1 aromatic carbocycles. The molecule has 0 spiro atoms. The van der Waals surface area contributed by atoms with Crippen LogP contribution >= 0.6 is 0 Å². The molecule has 0 saturated carbocycles. The van der Waals surface area contributed by atoms with Gasteiger partial charge in [-0.1, -0.05) is 24.3 Å². The summed E-state index contributed by atoms with van der Waals surface area (Å²) in [6.45, 7) is 16.0. The van der Waals surface area contributed by atoms with E-state index in [0.717, 1.165) is 54.8 Å². The van der Waals surface area contributed by atoms with Gasteiger partial charge in [0.1, 0.15) is 5.82 Å². The number of likely N-dealkylation sites (tertiary alicyclic amines) is 1. The fourth-order valence-electron chi connectivity index (χ4n) is 5.35. The van der Waals surface area contributed by atoms with Crippen molar-refractivity contribution in [2.45, 2.75) is 71.9 Å². The van der Waals surface area contributed by atoms with E-state index in [1.165, 1.54) is 5.56 Å². The van der Waals surface area contributed by atoms with Crippen molar-refractivity contribution in [3.63, 3.8) is 0 Å². The van der Waals surface area contributed by atoms with Crippen molar-refractivity contribution in [3.8, 4) is 0 Å². The van der Waals surface area contributed by atoms with Gasteiger partial charge in [0.25, 0.3) is 0 Å². The Bertz CT molecular complexity index is 1090. The molecule has 1 saturated heterocycles. The average Bonchev–Trinajstić information content (AvgIpc) is 3.25. The van der Waals surface area contributed by atoms with Crippen molar-refractivity contribution in [3.05, 3.63) is 65.9 Å². The smallest absolute Gasteiger partial charge is 0.128 e. The third-order valence-electron chi connectivity index (χ3n) is 7.91. The van der Waals surface area contributed by atoms with Gasteiger partial charge in [0.15, 0.2) is 0 Å². The number of aromatic nitrogens is 3. The zero-order valence-electron chi connectivity index (χ0n) is 21.1. The second kappa shape index (κ2) is 9.11. The standard InChI is InChI=1S/C28H38N4O/c1-7-33-27(5,6)28(15-14-25-30-18-22-10-8-9-11-24(22)31-25)16-17-32(20-28)26(3,4)23-13-12-21(2)29-19-23/h8-13,18-19H,7,14-17,20H2,1-6H3/t28-/m1/s1. The molecular weight excluding hydrogens is 408 g/mol. The summed E-state index contributed by atoms with van der Waals surface area (Å²) in [5.41, 5.74) is 3.02. The number of para-hydroxylation sites is 1. The lowest BCUT2D eigenvalue weighted by molar-refractivity contribution is -0.109. The predicted octanol–water partition coefficient (Wildman–Crippen LogP) is 5.71. The van der Waals surface area contributed by atoms with Crippen LogP contribution in [0.2, 0.25) is 0 Å². The summed E-state index contributed by atoms with van der Waals surface area (Å²) in [7, 11) is 0. The minimum atomic E-state index is -0.241. The molecule has 3 aromatic rings. The second-order valence-corrected chi connectivity index (χ2v) is 10.5. The van der Waals surface area contributed by atoms with Crippen molar-refractivity contribution >= 4 is 10.9 Å². The van der Waals surface area contributed by atoms with Gasteiger partial charge in [-0.3, -0.25) is 9.88 Å². The Hall–Kier alpha value is -2.37. The Kier molecular flexibility index (Phi) is 6.56. The van der Waals surface area contributed by atoms with Gasteiger partial charge in [0.2, 0.25) is 0 Å². The normalized spacial score (nSPS) is 19.9. The fraction of sp³-hybridized carbons (Fsp3) is 0.536. The van der Waals surface area contributed by atoms with Gasteiger partial charge in [0, 0.05) is 54.0 Å². The molecule has 0 radical (unpaired) electrons. The van der Waals surface area contributed by atoms with Crippen LogP contribution in [0.3, 0.4) is 0 Å². The molecule has 1 atom stereocenters. The summed E-state index contributed by atoms with van der Waals surface area (Å²) in [6, 6.07) is 12.5. The third kappa shape index (κ3) is 4.67. The number of pyridine rings is 1. The van der Waals surface area contributed by atoms with E-state index < -0.39 is 0 Å². The highest BCUT2D eigenvalue weighted by Crippen LogP contribution is 2.49. The molecule has 2 aromatic heterocycles. The number of rotatable bonds is 8. The van der Waals surface area contributed by atoms with Gasteiger partial charge < -0.3 is 4.74 Å². The van der Waals surface area contributed by atoms with Crippen LogP contribution in [0.25, 0.3) is 10.9 Å². The molecule has 0 unspecified atom stereocenters. The largest absolute Gasteiger partial charge is 0.375 e. The Morgan fingerprint density at radius 1 is 1.03 bits per heavy atom. The predicted molar refractivity (Wildman–Crippen MR) is 134 cm³/mol. The molecule has 3 heterocycles. The summed E-state index contributed by atoms with van der Waals surface area (Å²) in [5, 5.41) is 1.09. The van der Waals surface area contributed by atoms with Gasteiger partial charge >= 0.3 is 0 Å². The molecule has 5 nitrogen and oxygen atoms in total. The topological polar surface area (TPSA) is 51.1 Å². The van der Waals surface area contributed by atoms with Crippen LogP contribution in [-0.4, -0.2) is 45.1 Å². The number of ether oxygens (including phenoxy) is 1. The molecule has 0 bridgehead atoms. The summed E-state index contributed by atoms with van der Waals surface area (Å²) >= 11 is 0. The molecule has 0 aliphatic carbocycles. The highest BCUT2D eigenvalue weighted by Gasteiger charge is 2.52. The van der Waals surface area contributed by atoms with Crippen molar-refractivity contribution in [1.29, 1.82) is 0 Å². The van der Waals surface area contributed by atoms with Crippen LogP contribution in [0.15, 0.2) is 48.8 Å². The minimum absolute atomic E-state index is 0.0212. The average molecular weight is 447 g/mol. The monoisotopic (exact) mass is 446 g/mol. The first kappa shape index (κ1) is 23.8. The van der Waals surface area contributed by atoms with Crippen LogP contribution < -0.4 is 0 Å². The zero-order chi connectivity index (χ0) is 23.7. The number of benzene rings is 1. The van der Waals surface area contributed by atoms with E-state index in [0.29, 0.717) is 6.61 Å². The van der Waals surface area contributed by atoms with Gasteiger partial charge in [-0.2, -0.15) is 0 Å². The first-order valence-corrected chi connectivity index (χ1v) is 12.2. The molecule has 1 fully saturated rings. The van der Waals surface area contributed by atoms with E-state index in [-0.39, 0.29) is 16.6 Å². The van der Waals surface area contributed by atoms with E-state index >= 15 is 0 Å². The minimum Gasteiger partial charge on any atom is -0.375 e. The van der Waals surface area contributed by atoms with E-state index in [1.54, 1.807) is 0 Å². The molecule has 1 aliphatic heterocycles. The highest BCUT2D eigenvalue weighted by molar-refractivity contribution is 5.77. The fourth-order valence-corrected chi connectivity index (χ4v) is 5.35. The van der Waals surface area contributed by atoms with Gasteiger partial charge in [-0.15, -0.1) is 0 Å². The molecule has 0 amide bonds. The van der Waals surface area contributed by atoms with Crippen LogP contribution in [0.4, 0.5) is 0 Å². The molecule has 4 rings (SSSR count). The number of aryl methyl sites for hydroxylation is 2. The molecule has 33 heavy (non-hydrogen) atoms. The van der Waals surface area contributed by atoms with Crippen LogP contribution in [0, 0.1) is 12.3 Å². The third-order valence-corrected chi connectivity index (χ3v) is 7.91. The first-order chi connectivity index (χ1) is 15.7. The maximum Gasteiger partial charge on any atom is 0.128 e. The number of hydrogen-bond acceptors (Lipinski definition) is 5.